The summed E-state index contributed by atoms with van der Waals surface area (Å²) in [4.78, 5) is 15.4. The number of likely N-dealkylation sites (N-methyl/N-ethyl adjacent to an activating group) is 1. The van der Waals surface area contributed by atoms with Crippen LogP contribution in [0.2, 0.25) is 0 Å². The van der Waals surface area contributed by atoms with Gasteiger partial charge >= 0.3 is 103 Å². The van der Waals surface area contributed by atoms with Gasteiger partial charge in [0.1, 0.15) is 0 Å². The van der Waals surface area contributed by atoms with Gasteiger partial charge in [0.05, 0.1) is 0 Å². The van der Waals surface area contributed by atoms with Gasteiger partial charge < -0.3 is 0 Å². The van der Waals surface area contributed by atoms with Crippen molar-refractivity contribution in [1.82, 2.24) is 9.80 Å². The van der Waals surface area contributed by atoms with E-state index < -0.39 is 0 Å². The third-order valence-corrected chi connectivity index (χ3v) is 3.81. The normalized spacial score (nSPS) is 16.1. The quantitative estimate of drug-likeness (QED) is 0.742. The van der Waals surface area contributed by atoms with Crippen LogP contribution in [0.3, 0.4) is 0 Å². The molecule has 3 nitrogen and oxygen atoms in total. The van der Waals surface area contributed by atoms with E-state index in [-0.39, 0.29) is 5.91 Å². The van der Waals surface area contributed by atoms with Gasteiger partial charge in [0.2, 0.25) is 0 Å². The molecule has 0 bridgehead atoms. The van der Waals surface area contributed by atoms with E-state index in [2.05, 4.69) is 27.7 Å². The Hall–Kier alpha value is -1.12. The first-order valence-corrected chi connectivity index (χ1v) is 6.13. The summed E-state index contributed by atoms with van der Waals surface area (Å²) in [7, 11) is 1.92. The first kappa shape index (κ1) is 11.4. The van der Waals surface area contributed by atoms with Crippen LogP contribution in [-0.2, 0) is 11.2 Å². The zero-order valence-electron chi connectivity index (χ0n) is 9.22. The Balaban J connectivity index is 1.96. The molecule has 16 heavy (non-hydrogen) atoms. The van der Waals surface area contributed by atoms with Crippen LogP contribution in [-0.4, -0.2) is 56.1 Å². The third-order valence-electron chi connectivity index (χ3n) is 2.70. The Morgan fingerprint density at radius 2 is 2.00 bits per heavy atom. The minimum atomic E-state index is 0.173. The second-order valence-corrected chi connectivity index (χ2v) is 4.69. The molecule has 1 aromatic rings. The summed E-state index contributed by atoms with van der Waals surface area (Å²) in [5.74, 6) is 0.173. The number of carbonyl (C=O) groups is 1. The van der Waals surface area contributed by atoms with Crippen molar-refractivity contribution in [2.45, 2.75) is 6.42 Å². The van der Waals surface area contributed by atoms with E-state index >= 15 is 0 Å². The van der Waals surface area contributed by atoms with Crippen LogP contribution in [0.15, 0.2) is 30.3 Å². The zero-order valence-corrected chi connectivity index (χ0v) is 10.9. The monoisotopic (exact) mass is 282 g/mol. The maximum atomic E-state index is 11.7. The molecule has 1 aliphatic heterocycles. The topological polar surface area (TPSA) is 23.6 Å². The molecule has 0 aromatic heterocycles. The van der Waals surface area contributed by atoms with Gasteiger partial charge in [0.15, 0.2) is 0 Å². The average molecular weight is 281 g/mol. The van der Waals surface area contributed by atoms with Crippen LogP contribution in [0.5, 0.6) is 0 Å². The Morgan fingerprint density at radius 1 is 1.31 bits per heavy atom. The molecule has 1 amide bonds. The number of benzene rings is 1. The number of rotatable bonds is 3. The van der Waals surface area contributed by atoms with Crippen molar-refractivity contribution in [2.24, 2.45) is 0 Å². The molecule has 1 aliphatic rings. The maximum absolute atomic E-state index is 11.7. The van der Waals surface area contributed by atoms with Crippen LogP contribution in [0, 0.1) is 0 Å². The summed E-state index contributed by atoms with van der Waals surface area (Å²) in [6.07, 6.45) is 0.894. The average Bonchev–Trinajstić information content (AvgIpc) is 2.53. The molecule has 2 rings (SSSR count). The summed E-state index contributed by atoms with van der Waals surface area (Å²) in [5, 5.41) is 0. The van der Waals surface area contributed by atoms with Gasteiger partial charge in [-0.25, -0.2) is 0 Å². The van der Waals surface area contributed by atoms with Crippen molar-refractivity contribution < 1.29 is 4.79 Å². The Morgan fingerprint density at radius 3 is 2.56 bits per heavy atom. The second-order valence-electron chi connectivity index (χ2n) is 3.92. The number of hydrogen-bond acceptors (Lipinski definition) is 2. The second kappa shape index (κ2) is 4.81. The molecule has 0 atom stereocenters. The van der Waals surface area contributed by atoms with E-state index in [0.29, 0.717) is 6.54 Å². The molecule has 0 N–H and O–H groups in total. The number of amides is 1. The van der Waals surface area contributed by atoms with E-state index in [0.717, 1.165) is 17.6 Å². The molecule has 1 aromatic carbocycles. The predicted molar refractivity (Wildman–Crippen MR) is 65.3 cm³/mol. The van der Waals surface area contributed by atoms with Gasteiger partial charge in [0, 0.05) is 0 Å². The zero-order chi connectivity index (χ0) is 11.5. The first-order chi connectivity index (χ1) is 7.68. The van der Waals surface area contributed by atoms with Crippen molar-refractivity contribution in [3.63, 3.8) is 0 Å². The molecule has 1 saturated heterocycles. The summed E-state index contributed by atoms with van der Waals surface area (Å²) in [6.45, 7) is 1.23. The van der Waals surface area contributed by atoms with Crippen LogP contribution in [0.25, 0.3) is 0 Å². The molecular weight excluding hydrogens is 267 g/mol. The molecule has 0 aliphatic carbocycles. The fraction of sp³-hybridized carbons (Fsp3) is 0.333. The molecule has 84 valence electrons. The van der Waals surface area contributed by atoms with Crippen molar-refractivity contribution in [3.8, 4) is 0 Å². The predicted octanol–water partition coefficient (Wildman–Crippen LogP) is 0.259. The number of hydrogen-bond donors (Lipinski definition) is 0. The van der Waals surface area contributed by atoms with Crippen molar-refractivity contribution in [3.05, 3.63) is 35.9 Å². The minimum absolute atomic E-state index is 0.173. The molecule has 0 unspecified atom stereocenters. The summed E-state index contributed by atoms with van der Waals surface area (Å²) >= 11 is 2.95. The van der Waals surface area contributed by atoms with Gasteiger partial charge in [0.25, 0.3) is 0 Å². The molecular formula is C12H14N2OSe. The fourth-order valence-corrected chi connectivity index (χ4v) is 2.32. The van der Waals surface area contributed by atoms with Gasteiger partial charge in [-0.05, 0) is 0 Å². The van der Waals surface area contributed by atoms with Crippen LogP contribution in [0.4, 0.5) is 0 Å². The van der Waals surface area contributed by atoms with Gasteiger partial charge in [-0.3, -0.25) is 0 Å². The molecule has 0 radical (unpaired) electrons. The molecule has 0 spiro atoms. The number of carbonyl (C=O) groups excluding carboxylic acids is 1. The van der Waals surface area contributed by atoms with Gasteiger partial charge in [-0.15, -0.1) is 0 Å². The fourth-order valence-electron chi connectivity index (χ4n) is 1.77. The van der Waals surface area contributed by atoms with E-state index in [4.69, 9.17) is 0 Å². The van der Waals surface area contributed by atoms with E-state index in [1.807, 2.05) is 35.0 Å². The molecule has 4 heteroatoms. The van der Waals surface area contributed by atoms with Gasteiger partial charge in [-0.1, -0.05) is 0 Å². The van der Waals surface area contributed by atoms with Crippen LogP contribution < -0.4 is 0 Å². The number of nitrogens with zero attached hydrogens (tertiary/aromatic N) is 2. The van der Waals surface area contributed by atoms with E-state index in [1.165, 1.54) is 5.56 Å². The van der Waals surface area contributed by atoms with Crippen molar-refractivity contribution >= 4 is 26.1 Å². The van der Waals surface area contributed by atoms with Crippen LogP contribution in [0.1, 0.15) is 5.56 Å². The van der Waals surface area contributed by atoms with Crippen LogP contribution >= 0.6 is 0 Å². The molecule has 0 saturated carbocycles. The Bertz CT molecular complexity index is 405. The Kier molecular flexibility index (Phi) is 3.42. The SMILES string of the molecule is CN1CC(=O)N(CCc2ccccc2)C1=[Se]. The third kappa shape index (κ3) is 2.34. The first-order valence-electron chi connectivity index (χ1n) is 5.28. The summed E-state index contributed by atoms with van der Waals surface area (Å²) < 4.78 is 0.931. The molecule has 1 fully saturated rings. The summed E-state index contributed by atoms with van der Waals surface area (Å²) in [5.41, 5.74) is 1.26. The standard InChI is InChI=1S/C12H14N2OSe/c1-13-9-11(15)14(12(13)16)8-7-10-5-3-2-4-6-10/h2-6H,7-9H2,1H3. The van der Waals surface area contributed by atoms with Crippen molar-refractivity contribution in [1.29, 1.82) is 0 Å². The van der Waals surface area contributed by atoms with E-state index in [1.54, 1.807) is 0 Å². The van der Waals surface area contributed by atoms with Gasteiger partial charge in [-0.2, -0.15) is 0 Å². The van der Waals surface area contributed by atoms with Crippen molar-refractivity contribution in [2.75, 3.05) is 20.1 Å². The Labute approximate surface area is 103 Å². The molecule has 1 heterocycles. The van der Waals surface area contributed by atoms with E-state index in [9.17, 15) is 4.79 Å². The summed E-state index contributed by atoms with van der Waals surface area (Å²) in [6, 6.07) is 10.2.